The van der Waals surface area contributed by atoms with Crippen molar-refractivity contribution >= 4 is 27.8 Å². The summed E-state index contributed by atoms with van der Waals surface area (Å²) in [6, 6.07) is 16.4. The van der Waals surface area contributed by atoms with E-state index in [1.165, 1.54) is 35.4 Å². The summed E-state index contributed by atoms with van der Waals surface area (Å²) in [4.78, 5) is 41.1. The van der Waals surface area contributed by atoms with E-state index in [2.05, 4.69) is 5.32 Å². The lowest BCUT2D eigenvalue weighted by molar-refractivity contribution is -0.153. The second kappa shape index (κ2) is 9.52. The van der Waals surface area contributed by atoms with Crippen LogP contribution in [-0.2, 0) is 35.7 Å². The van der Waals surface area contributed by atoms with Gasteiger partial charge in [0.15, 0.2) is 0 Å². The Balaban J connectivity index is 1.68. The summed E-state index contributed by atoms with van der Waals surface area (Å²) in [6.07, 6.45) is 0. The van der Waals surface area contributed by atoms with Crippen molar-refractivity contribution in [1.82, 2.24) is 14.5 Å². The average molecular weight is 500 g/mol. The van der Waals surface area contributed by atoms with Gasteiger partial charge in [-0.3, -0.25) is 24.6 Å². The highest BCUT2D eigenvalue weighted by molar-refractivity contribution is 7.89. The molecule has 4 rings (SSSR count). The highest BCUT2D eigenvalue weighted by atomic mass is 32.2. The summed E-state index contributed by atoms with van der Waals surface area (Å²) in [7, 11) is -2.64. The van der Waals surface area contributed by atoms with Crippen molar-refractivity contribution in [2.45, 2.75) is 36.9 Å². The van der Waals surface area contributed by atoms with Gasteiger partial charge in [0.1, 0.15) is 5.54 Å². The summed E-state index contributed by atoms with van der Waals surface area (Å²) in [5, 5.41) is 3.10. The van der Waals surface area contributed by atoms with Crippen molar-refractivity contribution in [2.24, 2.45) is 11.8 Å². The van der Waals surface area contributed by atoms with Gasteiger partial charge < -0.3 is 4.74 Å². The first-order chi connectivity index (χ1) is 16.6. The third-order valence-corrected chi connectivity index (χ3v) is 8.87. The SMILES string of the molecule is CCN(C[C@H]1N[C@@](C)(C(=O)OC)[C@H]2C(=O)N(Cc3ccccc3)C(=O)[C@@H]12)S(=O)(=O)c1ccccc1. The number of ether oxygens (including phenoxy) is 1. The van der Waals surface area contributed by atoms with Gasteiger partial charge in [0.2, 0.25) is 21.8 Å². The highest BCUT2D eigenvalue weighted by Gasteiger charge is 2.66. The van der Waals surface area contributed by atoms with Crippen molar-refractivity contribution < 1.29 is 27.5 Å². The van der Waals surface area contributed by atoms with Crippen molar-refractivity contribution in [3.8, 4) is 0 Å². The number of imide groups is 1. The molecule has 0 radical (unpaired) electrons. The standard InChI is InChI=1S/C25H29N3O6S/c1-4-27(35(32,33)18-13-9-6-10-14-18)16-19-20-21(25(2,26-19)24(31)34-3)23(30)28(22(20)29)15-17-11-7-5-8-12-17/h5-14,19-21,26H,4,15-16H2,1-3H3/t19-,20+,21-,25-/m1/s1. The molecule has 0 aromatic heterocycles. The maximum Gasteiger partial charge on any atom is 0.326 e. The number of esters is 1. The van der Waals surface area contributed by atoms with Gasteiger partial charge in [-0.05, 0) is 24.6 Å². The molecule has 1 N–H and O–H groups in total. The Morgan fingerprint density at radius 1 is 1.06 bits per heavy atom. The number of likely N-dealkylation sites (N-methyl/N-ethyl adjacent to an activating group) is 1. The zero-order valence-electron chi connectivity index (χ0n) is 19.9. The number of amides is 2. The fourth-order valence-corrected chi connectivity index (χ4v) is 6.66. The largest absolute Gasteiger partial charge is 0.468 e. The van der Waals surface area contributed by atoms with Crippen LogP contribution in [-0.4, -0.2) is 67.2 Å². The average Bonchev–Trinajstić information content (AvgIpc) is 3.31. The number of rotatable bonds is 8. The molecular weight excluding hydrogens is 470 g/mol. The Labute approximate surface area is 205 Å². The minimum Gasteiger partial charge on any atom is -0.468 e. The van der Waals surface area contributed by atoms with Crippen LogP contribution in [0.1, 0.15) is 19.4 Å². The number of carbonyl (C=O) groups is 3. The number of hydrogen-bond acceptors (Lipinski definition) is 7. The Bertz CT molecular complexity index is 1220. The maximum atomic E-state index is 13.5. The molecule has 2 fully saturated rings. The highest BCUT2D eigenvalue weighted by Crippen LogP contribution is 2.44. The van der Waals surface area contributed by atoms with Gasteiger partial charge in [-0.25, -0.2) is 8.42 Å². The lowest BCUT2D eigenvalue weighted by Crippen LogP contribution is -2.56. The van der Waals surface area contributed by atoms with Crippen LogP contribution < -0.4 is 5.32 Å². The van der Waals surface area contributed by atoms with Crippen LogP contribution in [0.2, 0.25) is 0 Å². The number of hydrogen-bond donors (Lipinski definition) is 1. The Morgan fingerprint density at radius 3 is 2.23 bits per heavy atom. The van der Waals surface area contributed by atoms with E-state index in [1.807, 2.05) is 30.3 Å². The Kier molecular flexibility index (Phi) is 6.81. The van der Waals surface area contributed by atoms with Crippen molar-refractivity contribution in [2.75, 3.05) is 20.2 Å². The molecule has 2 heterocycles. The molecule has 186 valence electrons. The number of methoxy groups -OCH3 is 1. The summed E-state index contributed by atoms with van der Waals surface area (Å²) < 4.78 is 32.8. The number of sulfonamides is 1. The van der Waals surface area contributed by atoms with Crippen LogP contribution >= 0.6 is 0 Å². The molecule has 10 heteroatoms. The van der Waals surface area contributed by atoms with Crippen LogP contribution in [0.15, 0.2) is 65.6 Å². The minimum atomic E-state index is -3.86. The van der Waals surface area contributed by atoms with Gasteiger partial charge in [0.25, 0.3) is 0 Å². The lowest BCUT2D eigenvalue weighted by Gasteiger charge is -2.30. The Morgan fingerprint density at radius 2 is 1.66 bits per heavy atom. The van der Waals surface area contributed by atoms with E-state index in [0.29, 0.717) is 0 Å². The molecule has 2 aromatic rings. The molecule has 4 atom stereocenters. The van der Waals surface area contributed by atoms with Gasteiger partial charge >= 0.3 is 5.97 Å². The zero-order valence-corrected chi connectivity index (χ0v) is 20.7. The van der Waals surface area contributed by atoms with Crippen LogP contribution in [0.3, 0.4) is 0 Å². The van der Waals surface area contributed by atoms with Crippen LogP contribution in [0, 0.1) is 11.8 Å². The number of benzene rings is 2. The van der Waals surface area contributed by atoms with Gasteiger partial charge in [-0.1, -0.05) is 55.5 Å². The topological polar surface area (TPSA) is 113 Å². The fourth-order valence-electron chi connectivity index (χ4n) is 5.16. The maximum absolute atomic E-state index is 13.5. The summed E-state index contributed by atoms with van der Waals surface area (Å²) in [5.41, 5.74) is -0.696. The molecule has 2 amide bonds. The Hall–Kier alpha value is -3.08. The number of likely N-dealkylation sites (tertiary alicyclic amines) is 1. The summed E-state index contributed by atoms with van der Waals surface area (Å²) in [6.45, 7) is 3.39. The number of nitrogens with one attached hydrogen (secondary N) is 1. The van der Waals surface area contributed by atoms with Gasteiger partial charge in [0, 0.05) is 19.1 Å². The van der Waals surface area contributed by atoms with Gasteiger partial charge in [-0.2, -0.15) is 4.31 Å². The quantitative estimate of drug-likeness (QED) is 0.432. The molecule has 2 aromatic carbocycles. The normalized spacial score (nSPS) is 26.3. The van der Waals surface area contributed by atoms with Crippen LogP contribution in [0.25, 0.3) is 0 Å². The minimum absolute atomic E-state index is 0.0787. The smallest absolute Gasteiger partial charge is 0.326 e. The first kappa shape index (κ1) is 25.0. The van der Waals surface area contributed by atoms with Crippen molar-refractivity contribution in [3.05, 3.63) is 66.2 Å². The predicted octanol–water partition coefficient (Wildman–Crippen LogP) is 1.40. The monoisotopic (exact) mass is 499 g/mol. The van der Waals surface area contributed by atoms with E-state index in [0.717, 1.165) is 5.56 Å². The molecule has 0 bridgehead atoms. The summed E-state index contributed by atoms with van der Waals surface area (Å²) in [5.74, 6) is -3.49. The van der Waals surface area contributed by atoms with E-state index in [4.69, 9.17) is 4.74 Å². The molecule has 9 nitrogen and oxygen atoms in total. The number of carbonyl (C=O) groups excluding carboxylic acids is 3. The van der Waals surface area contributed by atoms with Crippen molar-refractivity contribution in [3.63, 3.8) is 0 Å². The molecule has 0 unspecified atom stereocenters. The molecule has 2 aliphatic rings. The molecular formula is C25H29N3O6S. The van der Waals surface area contributed by atoms with Gasteiger partial charge in [0.05, 0.1) is 30.4 Å². The summed E-state index contributed by atoms with van der Waals surface area (Å²) >= 11 is 0. The number of fused-ring (bicyclic) bond motifs is 1. The zero-order chi connectivity index (χ0) is 25.4. The molecule has 2 aliphatic heterocycles. The predicted molar refractivity (Wildman–Crippen MR) is 127 cm³/mol. The van der Waals surface area contributed by atoms with E-state index in [9.17, 15) is 22.8 Å². The third-order valence-electron chi connectivity index (χ3n) is 6.91. The van der Waals surface area contributed by atoms with E-state index >= 15 is 0 Å². The first-order valence-corrected chi connectivity index (χ1v) is 12.9. The van der Waals surface area contributed by atoms with Gasteiger partial charge in [-0.15, -0.1) is 0 Å². The van der Waals surface area contributed by atoms with Crippen molar-refractivity contribution in [1.29, 1.82) is 0 Å². The van der Waals surface area contributed by atoms with E-state index < -0.39 is 51.2 Å². The molecule has 0 aliphatic carbocycles. The third kappa shape index (κ3) is 4.26. The molecule has 2 saturated heterocycles. The molecule has 35 heavy (non-hydrogen) atoms. The van der Waals surface area contributed by atoms with Crippen LogP contribution in [0.5, 0.6) is 0 Å². The number of nitrogens with zero attached hydrogens (tertiary/aromatic N) is 2. The first-order valence-electron chi connectivity index (χ1n) is 11.5. The second-order valence-corrected chi connectivity index (χ2v) is 10.9. The molecule has 0 spiro atoms. The fraction of sp³-hybridized carbons (Fsp3) is 0.400. The van der Waals surface area contributed by atoms with Crippen LogP contribution in [0.4, 0.5) is 0 Å². The second-order valence-electron chi connectivity index (χ2n) is 8.97. The lowest BCUT2D eigenvalue weighted by atomic mass is 9.81. The molecule has 0 saturated carbocycles. The van der Waals surface area contributed by atoms with E-state index in [-0.39, 0.29) is 24.5 Å². The van der Waals surface area contributed by atoms with E-state index in [1.54, 1.807) is 25.1 Å².